The molecule has 6 heteroatoms. The molecule has 0 bridgehead atoms. The van der Waals surface area contributed by atoms with Crippen molar-refractivity contribution in [1.82, 2.24) is 25.2 Å². The van der Waals surface area contributed by atoms with Gasteiger partial charge >= 0.3 is 0 Å². The summed E-state index contributed by atoms with van der Waals surface area (Å²) >= 11 is 0. The Morgan fingerprint density at radius 3 is 3.05 bits per heavy atom. The molecule has 0 fully saturated rings. The topological polar surface area (TPSA) is 68.8 Å². The molecule has 0 spiro atoms. The third-order valence-corrected chi connectivity index (χ3v) is 3.02. The van der Waals surface area contributed by atoms with Crippen LogP contribution in [0.1, 0.15) is 12.5 Å². The van der Waals surface area contributed by atoms with Crippen LogP contribution in [0.5, 0.6) is 0 Å². The molecule has 19 heavy (non-hydrogen) atoms. The predicted octanol–water partition coefficient (Wildman–Crippen LogP) is 1.60. The van der Waals surface area contributed by atoms with Gasteiger partial charge < -0.3 is 9.88 Å². The second-order valence-electron chi connectivity index (χ2n) is 4.63. The second-order valence-corrected chi connectivity index (χ2v) is 4.63. The predicted molar refractivity (Wildman–Crippen MR) is 70.3 cm³/mol. The number of imidazole rings is 1. The highest BCUT2D eigenvalue weighted by Crippen LogP contribution is 2.11. The van der Waals surface area contributed by atoms with Crippen LogP contribution in [0.25, 0.3) is 11.0 Å². The largest absolute Gasteiger partial charge is 0.336 e. The maximum absolute atomic E-state index is 4.68. The molecule has 3 aromatic rings. The van der Waals surface area contributed by atoms with Crippen LogP contribution >= 0.6 is 0 Å². The fourth-order valence-corrected chi connectivity index (χ4v) is 2.01. The van der Waals surface area contributed by atoms with Gasteiger partial charge in [-0.1, -0.05) is 6.07 Å². The van der Waals surface area contributed by atoms with Crippen molar-refractivity contribution in [2.75, 3.05) is 0 Å². The van der Waals surface area contributed by atoms with Crippen molar-refractivity contribution in [3.05, 3.63) is 42.5 Å². The number of nitrogens with zero attached hydrogens (tertiary/aromatic N) is 4. The van der Waals surface area contributed by atoms with Crippen LogP contribution in [0.15, 0.2) is 41.5 Å². The average molecular weight is 257 g/mol. The van der Waals surface area contributed by atoms with Crippen molar-refractivity contribution in [2.45, 2.75) is 26.1 Å². The van der Waals surface area contributed by atoms with Gasteiger partial charge in [0.15, 0.2) is 0 Å². The summed E-state index contributed by atoms with van der Waals surface area (Å²) in [6.45, 7) is 3.84. The van der Waals surface area contributed by atoms with Gasteiger partial charge in [0.2, 0.25) is 0 Å². The molecule has 0 saturated carbocycles. The molecule has 2 aromatic heterocycles. The minimum absolute atomic E-state index is 0.361. The number of rotatable bonds is 5. The van der Waals surface area contributed by atoms with E-state index in [0.29, 0.717) is 6.04 Å². The van der Waals surface area contributed by atoms with E-state index < -0.39 is 0 Å². The summed E-state index contributed by atoms with van der Waals surface area (Å²) in [4.78, 5) is 4.03. The summed E-state index contributed by atoms with van der Waals surface area (Å²) in [7, 11) is 0. The summed E-state index contributed by atoms with van der Waals surface area (Å²) in [5.41, 5.74) is 2.75. The molecule has 2 heterocycles. The first-order valence-electron chi connectivity index (χ1n) is 6.21. The van der Waals surface area contributed by atoms with Gasteiger partial charge in [-0.15, -0.1) is 0 Å². The molecule has 0 aliphatic carbocycles. The normalized spacial score (nSPS) is 12.9. The van der Waals surface area contributed by atoms with E-state index in [1.165, 1.54) is 5.56 Å². The van der Waals surface area contributed by atoms with Gasteiger partial charge in [-0.3, -0.25) is 0 Å². The zero-order valence-electron chi connectivity index (χ0n) is 10.7. The van der Waals surface area contributed by atoms with Gasteiger partial charge in [0.05, 0.1) is 6.33 Å². The average Bonchev–Trinajstić information content (AvgIpc) is 3.06. The number of hydrogen-bond donors (Lipinski definition) is 1. The van der Waals surface area contributed by atoms with Crippen molar-refractivity contribution in [2.24, 2.45) is 0 Å². The van der Waals surface area contributed by atoms with Gasteiger partial charge in [0.1, 0.15) is 11.0 Å². The first-order valence-corrected chi connectivity index (χ1v) is 6.21. The Morgan fingerprint density at radius 1 is 1.32 bits per heavy atom. The maximum Gasteiger partial charge on any atom is 0.135 e. The Morgan fingerprint density at radius 2 is 2.21 bits per heavy atom. The molecule has 98 valence electrons. The Kier molecular flexibility index (Phi) is 3.24. The van der Waals surface area contributed by atoms with Crippen LogP contribution in [0.3, 0.4) is 0 Å². The third kappa shape index (κ3) is 2.79. The minimum Gasteiger partial charge on any atom is -0.336 e. The molecule has 0 saturated heterocycles. The Balaban J connectivity index is 1.59. The van der Waals surface area contributed by atoms with Gasteiger partial charge in [0.25, 0.3) is 0 Å². The summed E-state index contributed by atoms with van der Waals surface area (Å²) < 4.78 is 6.74. The lowest BCUT2D eigenvalue weighted by Crippen LogP contribution is -2.29. The Bertz CT molecular complexity index is 646. The van der Waals surface area contributed by atoms with Crippen LogP contribution in [0, 0.1) is 0 Å². The minimum atomic E-state index is 0.361. The first-order chi connectivity index (χ1) is 9.31. The van der Waals surface area contributed by atoms with Gasteiger partial charge in [-0.25, -0.2) is 9.61 Å². The van der Waals surface area contributed by atoms with Crippen LogP contribution in [-0.4, -0.2) is 25.9 Å². The smallest absolute Gasteiger partial charge is 0.135 e. The molecule has 3 rings (SSSR count). The van der Waals surface area contributed by atoms with E-state index in [1.807, 2.05) is 30.7 Å². The highest BCUT2D eigenvalue weighted by atomic mass is 16.6. The lowest BCUT2D eigenvalue weighted by Gasteiger charge is -2.14. The summed E-state index contributed by atoms with van der Waals surface area (Å²) in [5.74, 6) is 0. The lowest BCUT2D eigenvalue weighted by molar-refractivity contribution is 0.315. The molecule has 0 amide bonds. The van der Waals surface area contributed by atoms with Gasteiger partial charge in [-0.05, 0) is 34.9 Å². The molecule has 6 nitrogen and oxygen atoms in total. The second kappa shape index (κ2) is 5.19. The maximum atomic E-state index is 4.68. The van der Waals surface area contributed by atoms with Gasteiger partial charge in [-0.2, -0.15) is 0 Å². The van der Waals surface area contributed by atoms with Crippen molar-refractivity contribution < 1.29 is 4.63 Å². The standard InChI is InChI=1S/C13H15N5O/c1-10(8-18-5-4-14-9-18)15-7-11-2-3-12-13(6-11)17-19-16-12/h2-6,9-10,15H,7-8H2,1H3/t10-/m0/s1. The quantitative estimate of drug-likeness (QED) is 0.751. The van der Waals surface area contributed by atoms with Crippen LogP contribution in [-0.2, 0) is 13.1 Å². The van der Waals surface area contributed by atoms with Crippen molar-refractivity contribution >= 4 is 11.0 Å². The van der Waals surface area contributed by atoms with Gasteiger partial charge in [0, 0.05) is 31.5 Å². The van der Waals surface area contributed by atoms with E-state index in [4.69, 9.17) is 0 Å². The Hall–Kier alpha value is -2.21. The van der Waals surface area contributed by atoms with E-state index in [0.717, 1.165) is 24.1 Å². The van der Waals surface area contributed by atoms with E-state index in [1.54, 1.807) is 6.20 Å². The number of fused-ring (bicyclic) bond motifs is 1. The number of benzene rings is 1. The first kappa shape index (κ1) is 11.9. The molecular formula is C13H15N5O. The molecule has 1 atom stereocenters. The summed E-state index contributed by atoms with van der Waals surface area (Å²) in [5, 5.41) is 11.1. The van der Waals surface area contributed by atoms with Crippen molar-refractivity contribution in [3.8, 4) is 0 Å². The zero-order valence-corrected chi connectivity index (χ0v) is 10.7. The lowest BCUT2D eigenvalue weighted by atomic mass is 10.2. The van der Waals surface area contributed by atoms with E-state index in [-0.39, 0.29) is 0 Å². The summed E-state index contributed by atoms with van der Waals surface area (Å²) in [6.07, 6.45) is 5.58. The number of aromatic nitrogens is 4. The Labute approximate surface area is 110 Å². The fraction of sp³-hybridized carbons (Fsp3) is 0.308. The monoisotopic (exact) mass is 257 g/mol. The van der Waals surface area contributed by atoms with E-state index >= 15 is 0 Å². The van der Waals surface area contributed by atoms with Crippen molar-refractivity contribution in [1.29, 1.82) is 0 Å². The fourth-order valence-electron chi connectivity index (χ4n) is 2.01. The van der Waals surface area contributed by atoms with E-state index in [2.05, 4.69) is 36.7 Å². The SMILES string of the molecule is C[C@@H](Cn1ccnc1)NCc1ccc2nonc2c1. The summed E-state index contributed by atoms with van der Waals surface area (Å²) in [6, 6.07) is 6.30. The molecule has 0 aliphatic rings. The zero-order chi connectivity index (χ0) is 13.1. The van der Waals surface area contributed by atoms with E-state index in [9.17, 15) is 0 Å². The molecule has 1 aromatic carbocycles. The highest BCUT2D eigenvalue weighted by Gasteiger charge is 2.04. The third-order valence-electron chi connectivity index (χ3n) is 3.02. The molecule has 0 unspecified atom stereocenters. The molecule has 1 N–H and O–H groups in total. The molecule has 0 aliphatic heterocycles. The molecule has 0 radical (unpaired) electrons. The van der Waals surface area contributed by atoms with Crippen molar-refractivity contribution in [3.63, 3.8) is 0 Å². The van der Waals surface area contributed by atoms with Crippen LogP contribution in [0.2, 0.25) is 0 Å². The molecular weight excluding hydrogens is 242 g/mol. The number of hydrogen-bond acceptors (Lipinski definition) is 5. The van der Waals surface area contributed by atoms with Crippen LogP contribution < -0.4 is 5.32 Å². The highest BCUT2D eigenvalue weighted by molar-refractivity contribution is 5.73. The number of nitrogens with one attached hydrogen (secondary N) is 1. The van der Waals surface area contributed by atoms with Crippen LogP contribution in [0.4, 0.5) is 0 Å².